The Kier molecular flexibility index (Phi) is 5.29. The predicted octanol–water partition coefficient (Wildman–Crippen LogP) is 4.79. The van der Waals surface area contributed by atoms with E-state index in [4.69, 9.17) is 4.74 Å². The molecule has 146 valence electrons. The maximum Gasteiger partial charge on any atom is 0.268 e. The molecule has 1 atom stereocenters. The highest BCUT2D eigenvalue weighted by Crippen LogP contribution is 2.27. The molecular weight excluding hydrogens is 362 g/mol. The van der Waals surface area contributed by atoms with Crippen molar-refractivity contribution < 1.29 is 9.53 Å². The molecule has 2 N–H and O–H groups in total. The molecule has 5 heteroatoms. The summed E-state index contributed by atoms with van der Waals surface area (Å²) < 4.78 is 5.60. The van der Waals surface area contributed by atoms with E-state index in [-0.39, 0.29) is 11.9 Å². The number of H-pyrrole nitrogens is 1. The number of amides is 1. The molecule has 5 nitrogen and oxygen atoms in total. The van der Waals surface area contributed by atoms with Gasteiger partial charge >= 0.3 is 0 Å². The second kappa shape index (κ2) is 8.19. The lowest BCUT2D eigenvalue weighted by Crippen LogP contribution is -2.30. The second-order valence-electron chi connectivity index (χ2n) is 6.87. The molecule has 4 aromatic rings. The number of carbonyl (C=O) groups is 1. The van der Waals surface area contributed by atoms with Crippen molar-refractivity contribution in [2.75, 3.05) is 6.61 Å². The average Bonchev–Trinajstić information content (AvgIpc) is 3.09. The number of carbonyl (C=O) groups excluding carboxylic acids is 1. The fourth-order valence-corrected chi connectivity index (χ4v) is 3.54. The molecule has 0 fully saturated rings. The Labute approximate surface area is 169 Å². The lowest BCUT2D eigenvalue weighted by Gasteiger charge is -2.19. The fraction of sp³-hybridized carbons (Fsp3) is 0.167. The Morgan fingerprint density at radius 2 is 1.90 bits per heavy atom. The highest BCUT2D eigenvalue weighted by atomic mass is 16.5. The number of aromatic amines is 1. The van der Waals surface area contributed by atoms with Gasteiger partial charge in [0.15, 0.2) is 0 Å². The standard InChI is InChI=1S/C24H23N3O2/c1-3-29-19-11-12-21-20(14-19)16(2)22(26-21)24(28)27-23(17-8-5-4-6-9-17)18-10-7-13-25-15-18/h4-15,23,26H,3H2,1-2H3,(H,27,28)/t23-/m0/s1. The normalized spacial score (nSPS) is 11.9. The largest absolute Gasteiger partial charge is 0.494 e. The van der Waals surface area contributed by atoms with E-state index in [1.165, 1.54) is 0 Å². The van der Waals surface area contributed by atoms with E-state index in [1.54, 1.807) is 12.4 Å². The summed E-state index contributed by atoms with van der Waals surface area (Å²) in [7, 11) is 0. The van der Waals surface area contributed by atoms with Crippen molar-refractivity contribution in [3.8, 4) is 5.75 Å². The van der Waals surface area contributed by atoms with Crippen molar-refractivity contribution in [2.45, 2.75) is 19.9 Å². The molecule has 4 rings (SSSR count). The van der Waals surface area contributed by atoms with E-state index >= 15 is 0 Å². The predicted molar refractivity (Wildman–Crippen MR) is 114 cm³/mol. The van der Waals surface area contributed by atoms with Gasteiger partial charge in [0.2, 0.25) is 0 Å². The zero-order valence-electron chi connectivity index (χ0n) is 16.5. The Bertz CT molecular complexity index is 1080. The van der Waals surface area contributed by atoms with Crippen molar-refractivity contribution in [3.05, 3.63) is 95.4 Å². The van der Waals surface area contributed by atoms with Crippen LogP contribution in [0.4, 0.5) is 0 Å². The van der Waals surface area contributed by atoms with Gasteiger partial charge < -0.3 is 15.0 Å². The molecule has 0 spiro atoms. The van der Waals surface area contributed by atoms with Crippen LogP contribution in [-0.4, -0.2) is 22.5 Å². The van der Waals surface area contributed by atoms with Crippen LogP contribution in [0.15, 0.2) is 73.1 Å². The van der Waals surface area contributed by atoms with Crippen LogP contribution in [0.25, 0.3) is 10.9 Å². The van der Waals surface area contributed by atoms with Gasteiger partial charge in [-0.25, -0.2) is 0 Å². The summed E-state index contributed by atoms with van der Waals surface area (Å²) in [5.74, 6) is 0.640. The number of nitrogens with one attached hydrogen (secondary N) is 2. The molecule has 2 aromatic carbocycles. The van der Waals surface area contributed by atoms with E-state index in [2.05, 4.69) is 15.3 Å². The summed E-state index contributed by atoms with van der Waals surface area (Å²) in [5.41, 5.74) is 4.30. The van der Waals surface area contributed by atoms with Crippen LogP contribution in [0.3, 0.4) is 0 Å². The van der Waals surface area contributed by atoms with E-state index in [0.717, 1.165) is 33.3 Å². The molecule has 2 heterocycles. The molecule has 0 bridgehead atoms. The summed E-state index contributed by atoms with van der Waals surface area (Å²) in [6.45, 7) is 4.51. The van der Waals surface area contributed by atoms with Crippen LogP contribution in [0.5, 0.6) is 5.75 Å². The van der Waals surface area contributed by atoms with Crippen molar-refractivity contribution in [1.82, 2.24) is 15.3 Å². The molecule has 0 aliphatic rings. The van der Waals surface area contributed by atoms with Gasteiger partial charge in [0.25, 0.3) is 5.91 Å². The number of nitrogens with zero attached hydrogens (tertiary/aromatic N) is 1. The van der Waals surface area contributed by atoms with Crippen LogP contribution < -0.4 is 10.1 Å². The summed E-state index contributed by atoms with van der Waals surface area (Å²) in [5, 5.41) is 4.15. The number of rotatable bonds is 6. The lowest BCUT2D eigenvalue weighted by atomic mass is 10.00. The number of hydrogen-bond donors (Lipinski definition) is 2. The van der Waals surface area contributed by atoms with E-state index in [9.17, 15) is 4.79 Å². The third kappa shape index (κ3) is 3.85. The highest BCUT2D eigenvalue weighted by molar-refractivity contribution is 6.01. The first-order valence-electron chi connectivity index (χ1n) is 9.68. The van der Waals surface area contributed by atoms with Crippen LogP contribution in [0, 0.1) is 6.92 Å². The summed E-state index contributed by atoms with van der Waals surface area (Å²) >= 11 is 0. The molecule has 0 saturated carbocycles. The fourth-order valence-electron chi connectivity index (χ4n) is 3.54. The van der Waals surface area contributed by atoms with Gasteiger partial charge in [0.05, 0.1) is 12.6 Å². The molecular formula is C24H23N3O2. The first-order valence-corrected chi connectivity index (χ1v) is 9.68. The van der Waals surface area contributed by atoms with Crippen molar-refractivity contribution in [1.29, 1.82) is 0 Å². The Morgan fingerprint density at radius 1 is 1.10 bits per heavy atom. The zero-order valence-corrected chi connectivity index (χ0v) is 16.5. The monoisotopic (exact) mass is 385 g/mol. The topological polar surface area (TPSA) is 67.0 Å². The Morgan fingerprint density at radius 3 is 2.62 bits per heavy atom. The molecule has 29 heavy (non-hydrogen) atoms. The number of pyridine rings is 1. The zero-order chi connectivity index (χ0) is 20.2. The maximum atomic E-state index is 13.2. The SMILES string of the molecule is CCOc1ccc2[nH]c(C(=O)N[C@@H](c3ccccc3)c3cccnc3)c(C)c2c1. The van der Waals surface area contributed by atoms with Crippen LogP contribution >= 0.6 is 0 Å². The quantitative estimate of drug-likeness (QED) is 0.501. The van der Waals surface area contributed by atoms with Crippen molar-refractivity contribution in [2.24, 2.45) is 0 Å². The number of hydrogen-bond acceptors (Lipinski definition) is 3. The highest BCUT2D eigenvalue weighted by Gasteiger charge is 2.21. The molecule has 0 aliphatic heterocycles. The molecule has 1 amide bonds. The maximum absolute atomic E-state index is 13.2. The van der Waals surface area contributed by atoms with Gasteiger partial charge in [-0.1, -0.05) is 36.4 Å². The van der Waals surface area contributed by atoms with Gasteiger partial charge in [0, 0.05) is 23.3 Å². The Balaban J connectivity index is 1.68. The first kappa shape index (κ1) is 18.7. The van der Waals surface area contributed by atoms with Gasteiger partial charge in [-0.3, -0.25) is 9.78 Å². The van der Waals surface area contributed by atoms with Gasteiger partial charge in [-0.05, 0) is 54.8 Å². The second-order valence-corrected chi connectivity index (χ2v) is 6.87. The smallest absolute Gasteiger partial charge is 0.268 e. The average molecular weight is 385 g/mol. The minimum atomic E-state index is -0.290. The third-order valence-corrected chi connectivity index (χ3v) is 4.99. The number of benzene rings is 2. The van der Waals surface area contributed by atoms with E-state index in [1.807, 2.05) is 74.5 Å². The molecule has 0 radical (unpaired) electrons. The van der Waals surface area contributed by atoms with Crippen molar-refractivity contribution in [3.63, 3.8) is 0 Å². The Hall–Kier alpha value is -3.60. The van der Waals surface area contributed by atoms with Crippen molar-refractivity contribution >= 4 is 16.8 Å². The summed E-state index contributed by atoms with van der Waals surface area (Å²) in [4.78, 5) is 20.7. The number of aromatic nitrogens is 2. The third-order valence-electron chi connectivity index (χ3n) is 4.99. The van der Waals surface area contributed by atoms with E-state index < -0.39 is 0 Å². The minimum absolute atomic E-state index is 0.158. The number of aryl methyl sites for hydroxylation is 1. The minimum Gasteiger partial charge on any atom is -0.494 e. The molecule has 0 saturated heterocycles. The van der Waals surface area contributed by atoms with Crippen LogP contribution in [0.1, 0.15) is 40.1 Å². The summed E-state index contributed by atoms with van der Waals surface area (Å²) in [6.07, 6.45) is 3.51. The van der Waals surface area contributed by atoms with Crippen LogP contribution in [-0.2, 0) is 0 Å². The lowest BCUT2D eigenvalue weighted by molar-refractivity contribution is 0.0938. The number of fused-ring (bicyclic) bond motifs is 1. The van der Waals surface area contributed by atoms with Gasteiger partial charge in [0.1, 0.15) is 11.4 Å². The van der Waals surface area contributed by atoms with Crippen LogP contribution in [0.2, 0.25) is 0 Å². The number of ether oxygens (including phenoxy) is 1. The summed E-state index contributed by atoms with van der Waals surface area (Å²) in [6, 6.07) is 19.3. The van der Waals surface area contributed by atoms with Gasteiger partial charge in [-0.15, -0.1) is 0 Å². The first-order chi connectivity index (χ1) is 14.2. The molecule has 0 unspecified atom stereocenters. The molecule has 0 aliphatic carbocycles. The molecule has 2 aromatic heterocycles. The van der Waals surface area contributed by atoms with E-state index in [0.29, 0.717) is 12.3 Å². The van der Waals surface area contributed by atoms with Gasteiger partial charge in [-0.2, -0.15) is 0 Å².